The highest BCUT2D eigenvalue weighted by Crippen LogP contribution is 2.40. The summed E-state index contributed by atoms with van der Waals surface area (Å²) in [5, 5.41) is 19.3. The average molecular weight is 245 g/mol. The van der Waals surface area contributed by atoms with E-state index in [1.807, 2.05) is 30.3 Å². The molecular formula is C14H15NO3. The van der Waals surface area contributed by atoms with E-state index in [9.17, 15) is 9.90 Å². The van der Waals surface area contributed by atoms with Gasteiger partial charge in [-0.3, -0.25) is 4.79 Å². The summed E-state index contributed by atoms with van der Waals surface area (Å²) in [5.74, 6) is -1.87. The maximum absolute atomic E-state index is 11.7. The van der Waals surface area contributed by atoms with Crippen molar-refractivity contribution in [3.05, 3.63) is 35.4 Å². The van der Waals surface area contributed by atoms with Crippen molar-refractivity contribution in [1.82, 2.24) is 0 Å². The van der Waals surface area contributed by atoms with E-state index in [1.54, 1.807) is 6.92 Å². The Balaban J connectivity index is 2.22. The predicted molar refractivity (Wildman–Crippen MR) is 64.3 cm³/mol. The molecule has 0 aromatic heterocycles. The molecule has 1 aromatic rings. The quantitative estimate of drug-likeness (QED) is 0.821. The zero-order chi connectivity index (χ0) is 13.1. The predicted octanol–water partition coefficient (Wildman–Crippen LogP) is 1.60. The number of hydrogen-bond donors (Lipinski definition) is 1. The van der Waals surface area contributed by atoms with Crippen LogP contribution in [-0.4, -0.2) is 17.7 Å². The molecule has 3 atom stereocenters. The molecule has 4 nitrogen and oxygen atoms in total. The number of nitriles is 1. The van der Waals surface area contributed by atoms with Crippen LogP contribution in [0.5, 0.6) is 0 Å². The van der Waals surface area contributed by atoms with Gasteiger partial charge in [0, 0.05) is 5.92 Å². The number of esters is 1. The van der Waals surface area contributed by atoms with Crippen molar-refractivity contribution in [1.29, 1.82) is 5.26 Å². The molecule has 2 rings (SSSR count). The van der Waals surface area contributed by atoms with E-state index in [-0.39, 0.29) is 6.61 Å². The second kappa shape index (κ2) is 5.19. The Hall–Kier alpha value is -1.86. The lowest BCUT2D eigenvalue weighted by Gasteiger charge is -2.19. The van der Waals surface area contributed by atoms with Gasteiger partial charge < -0.3 is 9.84 Å². The van der Waals surface area contributed by atoms with Crippen LogP contribution in [0.3, 0.4) is 0 Å². The van der Waals surface area contributed by atoms with Crippen LogP contribution in [0.25, 0.3) is 0 Å². The fourth-order valence-corrected chi connectivity index (χ4v) is 2.46. The Labute approximate surface area is 106 Å². The van der Waals surface area contributed by atoms with E-state index in [0.717, 1.165) is 11.1 Å². The molecule has 0 amide bonds. The van der Waals surface area contributed by atoms with Gasteiger partial charge in [0.1, 0.15) is 5.92 Å². The van der Waals surface area contributed by atoms with Crippen molar-refractivity contribution in [3.63, 3.8) is 0 Å². The summed E-state index contributed by atoms with van der Waals surface area (Å²) in [4.78, 5) is 11.7. The second-order valence-electron chi connectivity index (χ2n) is 4.37. The van der Waals surface area contributed by atoms with Crippen molar-refractivity contribution >= 4 is 5.97 Å². The number of aliphatic hydroxyl groups excluding tert-OH is 1. The summed E-state index contributed by atoms with van der Waals surface area (Å²) < 4.78 is 4.88. The molecule has 0 heterocycles. The molecule has 0 bridgehead atoms. The van der Waals surface area contributed by atoms with Gasteiger partial charge in [-0.1, -0.05) is 24.3 Å². The zero-order valence-electron chi connectivity index (χ0n) is 10.2. The van der Waals surface area contributed by atoms with Crippen LogP contribution in [0.4, 0.5) is 0 Å². The summed E-state index contributed by atoms with van der Waals surface area (Å²) in [6.07, 6.45) is -0.232. The van der Waals surface area contributed by atoms with Crippen LogP contribution in [0, 0.1) is 23.2 Å². The number of carbonyl (C=O) groups is 1. The Morgan fingerprint density at radius 2 is 2.33 bits per heavy atom. The van der Waals surface area contributed by atoms with Crippen molar-refractivity contribution in [2.75, 3.05) is 6.61 Å². The van der Waals surface area contributed by atoms with Crippen LogP contribution in [0.2, 0.25) is 0 Å². The normalized spacial score (nSPS) is 22.9. The summed E-state index contributed by atoms with van der Waals surface area (Å²) in [6, 6.07) is 9.44. The number of rotatable bonds is 3. The Morgan fingerprint density at radius 3 is 2.94 bits per heavy atom. The Bertz CT molecular complexity index is 492. The number of nitrogens with zero attached hydrogens (tertiary/aromatic N) is 1. The molecule has 1 aliphatic carbocycles. The number of benzene rings is 1. The van der Waals surface area contributed by atoms with E-state index < -0.39 is 23.9 Å². The van der Waals surface area contributed by atoms with Crippen LogP contribution in [-0.2, 0) is 16.0 Å². The number of ether oxygens (including phenoxy) is 1. The van der Waals surface area contributed by atoms with E-state index >= 15 is 0 Å². The third kappa shape index (κ3) is 2.09. The molecule has 0 radical (unpaired) electrons. The standard InChI is InChI=1S/C14H15NO3/c1-2-18-14(17)12(8-15)11-7-9-5-3-4-6-10(9)13(11)16/h3-6,11-13,16H,2,7H2,1H3. The lowest BCUT2D eigenvalue weighted by molar-refractivity contribution is -0.149. The van der Waals surface area contributed by atoms with Gasteiger partial charge in [-0.2, -0.15) is 5.26 Å². The molecule has 4 heteroatoms. The summed E-state index contributed by atoms with van der Waals surface area (Å²) >= 11 is 0. The smallest absolute Gasteiger partial charge is 0.323 e. The molecule has 1 aliphatic rings. The lowest BCUT2D eigenvalue weighted by atomic mass is 9.89. The van der Waals surface area contributed by atoms with Gasteiger partial charge in [-0.05, 0) is 24.5 Å². The number of fused-ring (bicyclic) bond motifs is 1. The monoisotopic (exact) mass is 245 g/mol. The van der Waals surface area contributed by atoms with Crippen molar-refractivity contribution in [2.24, 2.45) is 11.8 Å². The van der Waals surface area contributed by atoms with Crippen LogP contribution in [0.15, 0.2) is 24.3 Å². The van der Waals surface area contributed by atoms with Crippen molar-refractivity contribution in [2.45, 2.75) is 19.4 Å². The molecule has 0 spiro atoms. The Morgan fingerprint density at radius 1 is 1.61 bits per heavy atom. The largest absolute Gasteiger partial charge is 0.465 e. The zero-order valence-corrected chi connectivity index (χ0v) is 10.2. The van der Waals surface area contributed by atoms with Crippen LogP contribution in [0.1, 0.15) is 24.2 Å². The minimum Gasteiger partial charge on any atom is -0.465 e. The van der Waals surface area contributed by atoms with Gasteiger partial charge in [-0.25, -0.2) is 0 Å². The highest BCUT2D eigenvalue weighted by Gasteiger charge is 2.40. The average Bonchev–Trinajstić information content (AvgIpc) is 2.69. The SMILES string of the molecule is CCOC(=O)C(C#N)C1Cc2ccccc2C1O. The summed E-state index contributed by atoms with van der Waals surface area (Å²) in [5.41, 5.74) is 1.81. The molecule has 0 saturated carbocycles. The fourth-order valence-electron chi connectivity index (χ4n) is 2.46. The highest BCUT2D eigenvalue weighted by atomic mass is 16.5. The third-order valence-corrected chi connectivity index (χ3v) is 3.34. The molecule has 0 aliphatic heterocycles. The van der Waals surface area contributed by atoms with Gasteiger partial charge in [0.05, 0.1) is 18.8 Å². The summed E-state index contributed by atoms with van der Waals surface area (Å²) in [6.45, 7) is 1.94. The third-order valence-electron chi connectivity index (χ3n) is 3.34. The van der Waals surface area contributed by atoms with Gasteiger partial charge in [-0.15, -0.1) is 0 Å². The number of hydrogen-bond acceptors (Lipinski definition) is 4. The van der Waals surface area contributed by atoms with E-state index in [0.29, 0.717) is 6.42 Å². The lowest BCUT2D eigenvalue weighted by Crippen LogP contribution is -2.27. The maximum atomic E-state index is 11.7. The molecule has 1 aromatic carbocycles. The number of aliphatic hydroxyl groups is 1. The molecule has 94 valence electrons. The van der Waals surface area contributed by atoms with E-state index in [2.05, 4.69) is 0 Å². The first-order valence-electron chi connectivity index (χ1n) is 6.01. The van der Waals surface area contributed by atoms with Crippen LogP contribution >= 0.6 is 0 Å². The van der Waals surface area contributed by atoms with Gasteiger partial charge >= 0.3 is 5.97 Å². The van der Waals surface area contributed by atoms with E-state index in [4.69, 9.17) is 10.00 Å². The molecule has 0 saturated heterocycles. The number of carbonyl (C=O) groups excluding carboxylic acids is 1. The first kappa shape index (κ1) is 12.6. The molecular weight excluding hydrogens is 230 g/mol. The van der Waals surface area contributed by atoms with Crippen molar-refractivity contribution < 1.29 is 14.6 Å². The van der Waals surface area contributed by atoms with Gasteiger partial charge in [0.2, 0.25) is 0 Å². The minimum absolute atomic E-state index is 0.243. The summed E-state index contributed by atoms with van der Waals surface area (Å²) in [7, 11) is 0. The van der Waals surface area contributed by atoms with Gasteiger partial charge in [0.25, 0.3) is 0 Å². The second-order valence-corrected chi connectivity index (χ2v) is 4.37. The first-order chi connectivity index (χ1) is 8.69. The molecule has 1 N–H and O–H groups in total. The maximum Gasteiger partial charge on any atom is 0.323 e. The first-order valence-corrected chi connectivity index (χ1v) is 6.01. The topological polar surface area (TPSA) is 70.3 Å². The highest BCUT2D eigenvalue weighted by molar-refractivity contribution is 5.76. The van der Waals surface area contributed by atoms with Crippen molar-refractivity contribution in [3.8, 4) is 6.07 Å². The van der Waals surface area contributed by atoms with E-state index in [1.165, 1.54) is 0 Å². The molecule has 0 fully saturated rings. The fraction of sp³-hybridized carbons (Fsp3) is 0.429. The molecule has 3 unspecified atom stereocenters. The minimum atomic E-state index is -0.910. The Kier molecular flexibility index (Phi) is 3.63. The van der Waals surface area contributed by atoms with Gasteiger partial charge in [0.15, 0.2) is 0 Å². The molecule has 18 heavy (non-hydrogen) atoms. The van der Waals surface area contributed by atoms with Crippen LogP contribution < -0.4 is 0 Å².